The minimum Gasteiger partial charge on any atom is -0.497 e. The van der Waals surface area contributed by atoms with Crippen molar-refractivity contribution in [2.75, 3.05) is 33.3 Å². The molecule has 1 aliphatic heterocycles. The number of carbonyl (C=O) groups excluding carboxylic acids is 1. The van der Waals surface area contributed by atoms with Gasteiger partial charge in [-0.2, -0.15) is 0 Å². The molecule has 6 nitrogen and oxygen atoms in total. The Morgan fingerprint density at radius 1 is 1.15 bits per heavy atom. The maximum absolute atomic E-state index is 12.7. The molecule has 3 aromatic rings. The molecule has 1 N–H and O–H groups in total. The summed E-state index contributed by atoms with van der Waals surface area (Å²) in [5.74, 6) is 1.00. The van der Waals surface area contributed by atoms with Crippen molar-refractivity contribution in [2.45, 2.75) is 13.0 Å². The number of ether oxygens (including phenoxy) is 1. The minimum absolute atomic E-state index is 0.123. The van der Waals surface area contributed by atoms with E-state index in [-0.39, 0.29) is 5.91 Å². The molecule has 4 rings (SSSR count). The zero-order valence-corrected chi connectivity index (χ0v) is 15.5. The molecule has 1 aliphatic rings. The monoisotopic (exact) mass is 366 g/mol. The van der Waals surface area contributed by atoms with Gasteiger partial charge in [-0.05, 0) is 36.4 Å². The zero-order chi connectivity index (χ0) is 18.6. The van der Waals surface area contributed by atoms with Crippen LogP contribution in [0.15, 0.2) is 53.1 Å². The maximum Gasteiger partial charge on any atom is 0.229 e. The van der Waals surface area contributed by atoms with Crippen molar-refractivity contribution in [3.63, 3.8) is 0 Å². The lowest BCUT2D eigenvalue weighted by Crippen LogP contribution is -3.13. The third kappa shape index (κ3) is 3.95. The van der Waals surface area contributed by atoms with Crippen LogP contribution in [0.25, 0.3) is 11.0 Å². The molecule has 140 valence electrons. The molecular weight excluding hydrogens is 342 g/mol. The summed E-state index contributed by atoms with van der Waals surface area (Å²) in [5, 5.41) is 5.00. The van der Waals surface area contributed by atoms with Gasteiger partial charge in [0.25, 0.3) is 0 Å². The Bertz CT molecular complexity index is 912. The van der Waals surface area contributed by atoms with Crippen molar-refractivity contribution in [2.24, 2.45) is 0 Å². The first-order valence-corrected chi connectivity index (χ1v) is 9.30. The first-order valence-electron chi connectivity index (χ1n) is 9.30. The lowest BCUT2D eigenvalue weighted by molar-refractivity contribution is -0.917. The molecule has 0 unspecified atom stereocenters. The van der Waals surface area contributed by atoms with Crippen LogP contribution in [-0.4, -0.2) is 49.3 Å². The summed E-state index contributed by atoms with van der Waals surface area (Å²) in [6, 6.07) is 15.9. The van der Waals surface area contributed by atoms with Crippen molar-refractivity contribution in [1.82, 2.24) is 10.1 Å². The molecule has 0 spiro atoms. The first kappa shape index (κ1) is 17.5. The summed E-state index contributed by atoms with van der Waals surface area (Å²) in [7, 11) is 1.68. The molecule has 1 fully saturated rings. The summed E-state index contributed by atoms with van der Waals surface area (Å²) in [5.41, 5.74) is 2.75. The average molecular weight is 366 g/mol. The van der Waals surface area contributed by atoms with Crippen LogP contribution in [0, 0.1) is 0 Å². The molecule has 0 bridgehead atoms. The standard InChI is InChI=1S/C21H23N3O3/c1-26-17-8-6-16(7-9-17)15-23-10-12-24(13-11-23)21(25)14-19-18-4-2-3-5-20(18)27-22-19/h2-9H,10-15H2,1H3/p+1. The fourth-order valence-corrected chi connectivity index (χ4v) is 3.60. The van der Waals surface area contributed by atoms with Gasteiger partial charge in [0.2, 0.25) is 5.91 Å². The molecule has 1 aromatic heterocycles. The number of nitrogens with zero attached hydrogens (tertiary/aromatic N) is 2. The number of hydrogen-bond donors (Lipinski definition) is 1. The number of quaternary nitrogens is 1. The van der Waals surface area contributed by atoms with E-state index < -0.39 is 0 Å². The lowest BCUT2D eigenvalue weighted by Gasteiger charge is -2.32. The molecular formula is C21H24N3O3+. The Hall–Kier alpha value is -2.86. The fourth-order valence-electron chi connectivity index (χ4n) is 3.60. The Morgan fingerprint density at radius 2 is 1.89 bits per heavy atom. The van der Waals surface area contributed by atoms with E-state index in [1.165, 1.54) is 10.5 Å². The van der Waals surface area contributed by atoms with Gasteiger partial charge in [0, 0.05) is 10.9 Å². The Morgan fingerprint density at radius 3 is 2.63 bits per heavy atom. The van der Waals surface area contributed by atoms with Crippen LogP contribution in [0.3, 0.4) is 0 Å². The quantitative estimate of drug-likeness (QED) is 0.740. The van der Waals surface area contributed by atoms with Crippen LogP contribution in [0.1, 0.15) is 11.3 Å². The van der Waals surface area contributed by atoms with Crippen LogP contribution in [0.5, 0.6) is 5.75 Å². The number of amides is 1. The summed E-state index contributed by atoms with van der Waals surface area (Å²) < 4.78 is 10.5. The smallest absolute Gasteiger partial charge is 0.229 e. The molecule has 27 heavy (non-hydrogen) atoms. The normalized spacial score (nSPS) is 15.2. The SMILES string of the molecule is COc1ccc(C[NH+]2CCN(C(=O)Cc3noc4ccccc34)CC2)cc1. The van der Waals surface area contributed by atoms with Crippen LogP contribution in [0.2, 0.25) is 0 Å². The highest BCUT2D eigenvalue weighted by Gasteiger charge is 2.25. The molecule has 0 aliphatic carbocycles. The summed E-state index contributed by atoms with van der Waals surface area (Å²) in [4.78, 5) is 16.1. The molecule has 2 aromatic carbocycles. The van der Waals surface area contributed by atoms with Crippen molar-refractivity contribution in [1.29, 1.82) is 0 Å². The van der Waals surface area contributed by atoms with E-state index in [9.17, 15) is 4.79 Å². The van der Waals surface area contributed by atoms with Crippen LogP contribution in [0.4, 0.5) is 0 Å². The largest absolute Gasteiger partial charge is 0.497 e. The van der Waals surface area contributed by atoms with Crippen LogP contribution in [-0.2, 0) is 17.8 Å². The highest BCUT2D eigenvalue weighted by Crippen LogP contribution is 2.18. The molecule has 0 atom stereocenters. The third-order valence-corrected chi connectivity index (χ3v) is 5.21. The van der Waals surface area contributed by atoms with Crippen molar-refractivity contribution < 1.29 is 19.0 Å². The van der Waals surface area contributed by atoms with E-state index in [0.29, 0.717) is 6.42 Å². The molecule has 6 heteroatoms. The highest BCUT2D eigenvalue weighted by atomic mass is 16.5. The van der Waals surface area contributed by atoms with Gasteiger partial charge in [0.15, 0.2) is 5.58 Å². The van der Waals surface area contributed by atoms with Crippen molar-refractivity contribution in [3.8, 4) is 5.75 Å². The maximum atomic E-state index is 12.7. The van der Waals surface area contributed by atoms with Gasteiger partial charge >= 0.3 is 0 Å². The second-order valence-electron chi connectivity index (χ2n) is 6.96. The van der Waals surface area contributed by atoms with Gasteiger partial charge in [-0.25, -0.2) is 0 Å². The summed E-state index contributed by atoms with van der Waals surface area (Å²) in [6.45, 7) is 4.44. The highest BCUT2D eigenvalue weighted by molar-refractivity contribution is 5.86. The first-order chi connectivity index (χ1) is 13.2. The number of para-hydroxylation sites is 1. The Kier molecular flexibility index (Phi) is 5.07. The Labute approximate surface area is 158 Å². The average Bonchev–Trinajstić information content (AvgIpc) is 3.12. The van der Waals surface area contributed by atoms with Crippen molar-refractivity contribution in [3.05, 3.63) is 59.8 Å². The van der Waals surface area contributed by atoms with E-state index in [0.717, 1.165) is 55.1 Å². The van der Waals surface area contributed by atoms with Crippen LogP contribution < -0.4 is 9.64 Å². The molecule has 1 saturated heterocycles. The summed E-state index contributed by atoms with van der Waals surface area (Å²) >= 11 is 0. The molecule has 0 radical (unpaired) electrons. The van der Waals surface area contributed by atoms with E-state index in [2.05, 4.69) is 17.3 Å². The lowest BCUT2D eigenvalue weighted by atomic mass is 10.1. The summed E-state index contributed by atoms with van der Waals surface area (Å²) in [6.07, 6.45) is 0.296. The van der Waals surface area contributed by atoms with Gasteiger partial charge in [-0.3, -0.25) is 4.79 Å². The van der Waals surface area contributed by atoms with Gasteiger partial charge < -0.3 is 19.1 Å². The van der Waals surface area contributed by atoms with Gasteiger partial charge in [-0.15, -0.1) is 0 Å². The number of hydrogen-bond acceptors (Lipinski definition) is 4. The number of piperazine rings is 1. The predicted octanol–water partition coefficient (Wildman–Crippen LogP) is 1.31. The zero-order valence-electron chi connectivity index (χ0n) is 15.5. The number of benzene rings is 2. The van der Waals surface area contributed by atoms with Gasteiger partial charge in [0.05, 0.1) is 39.7 Å². The number of nitrogens with one attached hydrogen (secondary N) is 1. The topological polar surface area (TPSA) is 60.0 Å². The number of carbonyl (C=O) groups is 1. The van der Waals surface area contributed by atoms with Gasteiger partial charge in [0.1, 0.15) is 18.0 Å². The second-order valence-corrected chi connectivity index (χ2v) is 6.96. The predicted molar refractivity (Wildman–Crippen MR) is 102 cm³/mol. The second kappa shape index (κ2) is 7.80. The molecule has 1 amide bonds. The molecule has 2 heterocycles. The van der Waals surface area contributed by atoms with E-state index >= 15 is 0 Å². The van der Waals surface area contributed by atoms with Crippen molar-refractivity contribution >= 4 is 16.9 Å². The number of rotatable bonds is 5. The minimum atomic E-state index is 0.123. The van der Waals surface area contributed by atoms with E-state index in [4.69, 9.17) is 9.26 Å². The fraction of sp³-hybridized carbons (Fsp3) is 0.333. The van der Waals surface area contributed by atoms with Gasteiger partial charge in [-0.1, -0.05) is 17.3 Å². The number of methoxy groups -OCH3 is 1. The molecule has 0 saturated carbocycles. The third-order valence-electron chi connectivity index (χ3n) is 5.21. The van der Waals surface area contributed by atoms with E-state index in [1.807, 2.05) is 41.3 Å². The van der Waals surface area contributed by atoms with E-state index in [1.54, 1.807) is 7.11 Å². The number of fused-ring (bicyclic) bond motifs is 1. The van der Waals surface area contributed by atoms with Crippen LogP contribution >= 0.6 is 0 Å². The Balaban J connectivity index is 1.31. The number of aromatic nitrogens is 1.